The van der Waals surface area contributed by atoms with Gasteiger partial charge in [0.2, 0.25) is 11.7 Å². The monoisotopic (exact) mass is 376 g/mol. The van der Waals surface area contributed by atoms with Crippen molar-refractivity contribution in [1.82, 2.24) is 10.2 Å². The number of hydrogen-bond donors (Lipinski definition) is 0. The highest BCUT2D eigenvalue weighted by Gasteiger charge is 2.16. The fraction of sp³-hybridized carbons (Fsp3) is 0.0952. The summed E-state index contributed by atoms with van der Waals surface area (Å²) >= 11 is 0. The highest BCUT2D eigenvalue weighted by molar-refractivity contribution is 5.86. The summed E-state index contributed by atoms with van der Waals surface area (Å²) in [5.74, 6) is 1.25. The summed E-state index contributed by atoms with van der Waals surface area (Å²) < 4.78 is 21.7. The van der Waals surface area contributed by atoms with E-state index in [1.165, 1.54) is 6.07 Å². The van der Waals surface area contributed by atoms with E-state index < -0.39 is 5.97 Å². The predicted octanol–water partition coefficient (Wildman–Crippen LogP) is 4.27. The molecule has 0 spiro atoms. The lowest BCUT2D eigenvalue weighted by molar-refractivity contribution is 0.0398. The average Bonchev–Trinajstić information content (AvgIpc) is 3.42. The predicted molar refractivity (Wildman–Crippen MR) is 98.3 cm³/mol. The largest absolute Gasteiger partial charge is 0.486 e. The van der Waals surface area contributed by atoms with Gasteiger partial charge in [-0.2, -0.15) is 0 Å². The Morgan fingerprint density at radius 3 is 2.36 bits per heavy atom. The number of benzene rings is 2. The van der Waals surface area contributed by atoms with E-state index in [0.717, 1.165) is 5.56 Å². The average molecular weight is 376 g/mol. The van der Waals surface area contributed by atoms with Gasteiger partial charge < -0.3 is 18.3 Å². The Kier molecular flexibility index (Phi) is 5.15. The number of esters is 1. The Morgan fingerprint density at radius 2 is 1.57 bits per heavy atom. The van der Waals surface area contributed by atoms with Crippen molar-refractivity contribution < 1.29 is 23.1 Å². The lowest BCUT2D eigenvalue weighted by atomic mass is 10.2. The first-order valence-corrected chi connectivity index (χ1v) is 8.59. The molecule has 0 aliphatic carbocycles. The van der Waals surface area contributed by atoms with E-state index in [1.807, 2.05) is 60.7 Å². The van der Waals surface area contributed by atoms with Crippen molar-refractivity contribution in [3.05, 3.63) is 90.2 Å². The maximum Gasteiger partial charge on any atom is 0.374 e. The van der Waals surface area contributed by atoms with Crippen LogP contribution in [0.5, 0.6) is 5.75 Å². The van der Waals surface area contributed by atoms with Crippen LogP contribution in [0.15, 0.2) is 81.6 Å². The first-order chi connectivity index (χ1) is 13.8. The zero-order valence-electron chi connectivity index (χ0n) is 14.8. The summed E-state index contributed by atoms with van der Waals surface area (Å²) in [6.45, 7) is 0.0661. The second kappa shape index (κ2) is 8.22. The first kappa shape index (κ1) is 17.5. The molecule has 0 N–H and O–H groups in total. The van der Waals surface area contributed by atoms with Crippen molar-refractivity contribution in [2.24, 2.45) is 0 Å². The van der Waals surface area contributed by atoms with E-state index in [1.54, 1.807) is 6.07 Å². The standard InChI is InChI=1S/C21H16N2O5/c24-21(18-12-11-17(27-18)13-25-16-9-5-2-6-10-16)26-14-19-22-23-20(28-19)15-7-3-1-4-8-15/h1-12H,13-14H2. The van der Waals surface area contributed by atoms with Gasteiger partial charge in [-0.15, -0.1) is 10.2 Å². The molecule has 0 aliphatic rings. The summed E-state index contributed by atoms with van der Waals surface area (Å²) in [5.41, 5.74) is 0.793. The van der Waals surface area contributed by atoms with Crippen LogP contribution in [-0.2, 0) is 18.0 Å². The summed E-state index contributed by atoms with van der Waals surface area (Å²) in [4.78, 5) is 12.1. The third kappa shape index (κ3) is 4.27. The molecule has 2 heterocycles. The summed E-state index contributed by atoms with van der Waals surface area (Å²) in [5, 5.41) is 7.83. The van der Waals surface area contributed by atoms with E-state index in [0.29, 0.717) is 17.4 Å². The van der Waals surface area contributed by atoms with Crippen LogP contribution in [0.2, 0.25) is 0 Å². The van der Waals surface area contributed by atoms with Gasteiger partial charge in [-0.25, -0.2) is 4.79 Å². The van der Waals surface area contributed by atoms with Crippen LogP contribution >= 0.6 is 0 Å². The number of carbonyl (C=O) groups is 1. The maximum absolute atomic E-state index is 12.1. The van der Waals surface area contributed by atoms with Gasteiger partial charge in [0.25, 0.3) is 5.89 Å². The molecule has 0 saturated carbocycles. The van der Waals surface area contributed by atoms with Crippen LogP contribution in [0.1, 0.15) is 22.2 Å². The second-order valence-electron chi connectivity index (χ2n) is 5.81. The minimum absolute atomic E-state index is 0.0782. The van der Waals surface area contributed by atoms with Crippen molar-refractivity contribution in [3.8, 4) is 17.2 Å². The zero-order valence-corrected chi connectivity index (χ0v) is 14.8. The van der Waals surface area contributed by atoms with Gasteiger partial charge in [0.1, 0.15) is 18.1 Å². The summed E-state index contributed by atoms with van der Waals surface area (Å²) in [6, 6.07) is 21.9. The Labute approximate surface area is 160 Å². The topological polar surface area (TPSA) is 87.6 Å². The summed E-state index contributed by atoms with van der Waals surface area (Å²) in [7, 11) is 0. The molecule has 0 bridgehead atoms. The molecule has 0 unspecified atom stereocenters. The number of rotatable bonds is 7. The lowest BCUT2D eigenvalue weighted by Crippen LogP contribution is -2.04. The number of aromatic nitrogens is 2. The molecule has 0 saturated heterocycles. The Morgan fingerprint density at radius 1 is 0.821 bits per heavy atom. The number of carbonyl (C=O) groups excluding carboxylic acids is 1. The van der Waals surface area contributed by atoms with Crippen molar-refractivity contribution >= 4 is 5.97 Å². The highest BCUT2D eigenvalue weighted by atomic mass is 16.6. The smallest absolute Gasteiger partial charge is 0.374 e. The van der Waals surface area contributed by atoms with E-state index in [-0.39, 0.29) is 24.9 Å². The molecule has 0 aliphatic heterocycles. The van der Waals surface area contributed by atoms with Crippen LogP contribution < -0.4 is 4.74 Å². The van der Waals surface area contributed by atoms with Crippen molar-refractivity contribution in [2.45, 2.75) is 13.2 Å². The molecule has 0 atom stereocenters. The van der Waals surface area contributed by atoms with E-state index in [2.05, 4.69) is 10.2 Å². The Bertz CT molecular complexity index is 1040. The molecule has 0 amide bonds. The highest BCUT2D eigenvalue weighted by Crippen LogP contribution is 2.18. The zero-order chi connectivity index (χ0) is 19.2. The fourth-order valence-electron chi connectivity index (χ4n) is 2.44. The second-order valence-corrected chi connectivity index (χ2v) is 5.81. The van der Waals surface area contributed by atoms with Gasteiger partial charge in [-0.1, -0.05) is 36.4 Å². The van der Waals surface area contributed by atoms with Crippen LogP contribution in [0, 0.1) is 0 Å². The minimum atomic E-state index is -0.620. The molecule has 4 aromatic rings. The SMILES string of the molecule is O=C(OCc1nnc(-c2ccccc2)o1)c1ccc(COc2ccccc2)o1. The van der Waals surface area contributed by atoms with E-state index >= 15 is 0 Å². The quantitative estimate of drug-likeness (QED) is 0.445. The lowest BCUT2D eigenvalue weighted by Gasteiger charge is -2.03. The molecule has 0 radical (unpaired) electrons. The number of nitrogens with zero attached hydrogens (tertiary/aromatic N) is 2. The maximum atomic E-state index is 12.1. The van der Waals surface area contributed by atoms with Gasteiger partial charge in [-0.05, 0) is 36.4 Å². The van der Waals surface area contributed by atoms with Crippen molar-refractivity contribution in [2.75, 3.05) is 0 Å². The van der Waals surface area contributed by atoms with Crippen molar-refractivity contribution in [1.29, 1.82) is 0 Å². The fourth-order valence-corrected chi connectivity index (χ4v) is 2.44. The molecular weight excluding hydrogens is 360 g/mol. The molecule has 28 heavy (non-hydrogen) atoms. The summed E-state index contributed by atoms with van der Waals surface area (Å²) in [6.07, 6.45) is 0. The molecule has 4 rings (SSSR count). The molecular formula is C21H16N2O5. The number of furan rings is 1. The normalized spacial score (nSPS) is 10.6. The molecule has 2 aromatic heterocycles. The number of hydrogen-bond acceptors (Lipinski definition) is 7. The molecule has 2 aromatic carbocycles. The van der Waals surface area contributed by atoms with Crippen molar-refractivity contribution in [3.63, 3.8) is 0 Å². The third-order valence-electron chi connectivity index (χ3n) is 3.80. The van der Waals surface area contributed by atoms with Gasteiger partial charge in [0, 0.05) is 5.56 Å². The molecule has 7 nitrogen and oxygen atoms in total. The van der Waals surface area contributed by atoms with Crippen LogP contribution in [-0.4, -0.2) is 16.2 Å². The molecule has 7 heteroatoms. The van der Waals surface area contributed by atoms with Crippen LogP contribution in [0.4, 0.5) is 0 Å². The van der Waals surface area contributed by atoms with Gasteiger partial charge in [0.05, 0.1) is 0 Å². The molecule has 140 valence electrons. The van der Waals surface area contributed by atoms with Gasteiger partial charge in [-0.3, -0.25) is 0 Å². The molecule has 0 fully saturated rings. The number of para-hydroxylation sites is 1. The Hall–Kier alpha value is -3.87. The van der Waals surface area contributed by atoms with Gasteiger partial charge in [0.15, 0.2) is 6.61 Å². The first-order valence-electron chi connectivity index (χ1n) is 8.59. The van der Waals surface area contributed by atoms with Crippen LogP contribution in [0.25, 0.3) is 11.5 Å². The van der Waals surface area contributed by atoms with Gasteiger partial charge >= 0.3 is 5.97 Å². The minimum Gasteiger partial charge on any atom is -0.486 e. The number of ether oxygens (including phenoxy) is 2. The Balaban J connectivity index is 1.31. The van der Waals surface area contributed by atoms with Crippen LogP contribution in [0.3, 0.4) is 0 Å². The van der Waals surface area contributed by atoms with E-state index in [9.17, 15) is 4.79 Å². The van der Waals surface area contributed by atoms with E-state index in [4.69, 9.17) is 18.3 Å². The third-order valence-corrected chi connectivity index (χ3v) is 3.80.